The van der Waals surface area contributed by atoms with Gasteiger partial charge in [-0.2, -0.15) is 9.41 Å². The lowest BCUT2D eigenvalue weighted by molar-refractivity contribution is 0.0948. The lowest BCUT2D eigenvalue weighted by Crippen LogP contribution is -2.30. The van der Waals surface area contributed by atoms with E-state index in [0.29, 0.717) is 49.2 Å². The van der Waals surface area contributed by atoms with Crippen LogP contribution in [0.2, 0.25) is 15.1 Å². The van der Waals surface area contributed by atoms with Gasteiger partial charge < -0.3 is 4.42 Å². The smallest absolute Gasteiger partial charge is 0.290 e. The third-order valence-electron chi connectivity index (χ3n) is 6.35. The monoisotopic (exact) mass is 643 g/mol. The SMILES string of the molecule is Cc1ccc(S(=O)(=O)N(Cc2ccc(Cl)c(Cl)c2)Cc2ccc(/C=N/NC(=O)c3c(C)nc4ccc(Cl)cn34)o2)cc1. The summed E-state index contributed by atoms with van der Waals surface area (Å²) in [7, 11) is -3.92. The Morgan fingerprint density at radius 2 is 1.76 bits per heavy atom. The molecule has 0 spiro atoms. The van der Waals surface area contributed by atoms with Crippen LogP contribution in [-0.4, -0.2) is 34.2 Å². The number of pyridine rings is 1. The predicted octanol–water partition coefficient (Wildman–Crippen LogP) is 6.66. The van der Waals surface area contributed by atoms with Gasteiger partial charge in [0.05, 0.1) is 38.4 Å². The largest absolute Gasteiger partial charge is 0.459 e. The average Bonchev–Trinajstić information content (AvgIpc) is 3.53. The first-order valence-corrected chi connectivity index (χ1v) is 15.2. The van der Waals surface area contributed by atoms with Gasteiger partial charge in [-0.15, -0.1) is 0 Å². The van der Waals surface area contributed by atoms with Gasteiger partial charge in [-0.3, -0.25) is 9.20 Å². The van der Waals surface area contributed by atoms with Crippen molar-refractivity contribution in [2.75, 3.05) is 0 Å². The van der Waals surface area contributed by atoms with Crippen molar-refractivity contribution in [2.45, 2.75) is 31.8 Å². The van der Waals surface area contributed by atoms with Crippen LogP contribution in [0.3, 0.4) is 0 Å². The van der Waals surface area contributed by atoms with Crippen LogP contribution >= 0.6 is 34.8 Å². The molecule has 0 unspecified atom stereocenters. The molecule has 0 aliphatic rings. The highest BCUT2D eigenvalue weighted by atomic mass is 35.5. The van der Waals surface area contributed by atoms with Gasteiger partial charge in [-0.05, 0) is 67.9 Å². The van der Waals surface area contributed by atoms with E-state index in [0.717, 1.165) is 5.56 Å². The molecule has 9 nitrogen and oxygen atoms in total. The number of halogens is 3. The number of aryl methyl sites for hydroxylation is 2. The zero-order valence-electron chi connectivity index (χ0n) is 22.4. The first kappa shape index (κ1) is 29.8. The molecule has 42 heavy (non-hydrogen) atoms. The topological polar surface area (TPSA) is 109 Å². The van der Waals surface area contributed by atoms with Crippen LogP contribution < -0.4 is 5.43 Å². The van der Waals surface area contributed by atoms with Gasteiger partial charge in [-0.25, -0.2) is 18.8 Å². The van der Waals surface area contributed by atoms with E-state index in [1.807, 2.05) is 6.92 Å². The van der Waals surface area contributed by atoms with E-state index in [2.05, 4.69) is 15.5 Å². The molecule has 0 aliphatic heterocycles. The third-order valence-corrected chi connectivity index (χ3v) is 9.11. The van der Waals surface area contributed by atoms with E-state index < -0.39 is 15.9 Å². The molecule has 13 heteroatoms. The Labute approximate surface area is 257 Å². The molecule has 1 N–H and O–H groups in total. The number of hydrogen-bond acceptors (Lipinski definition) is 6. The minimum atomic E-state index is -3.92. The maximum atomic E-state index is 13.6. The minimum absolute atomic E-state index is 0.0238. The molecule has 5 rings (SSSR count). The van der Waals surface area contributed by atoms with Crippen LogP contribution in [0.4, 0.5) is 0 Å². The number of sulfonamides is 1. The van der Waals surface area contributed by atoms with Crippen LogP contribution in [0.5, 0.6) is 0 Å². The summed E-state index contributed by atoms with van der Waals surface area (Å²) >= 11 is 18.3. The number of furan rings is 1. The quantitative estimate of drug-likeness (QED) is 0.143. The van der Waals surface area contributed by atoms with Crippen LogP contribution in [0, 0.1) is 13.8 Å². The first-order chi connectivity index (χ1) is 20.0. The standard InChI is InChI=1S/C29H24Cl3N5O4S/c1-18-3-9-24(10-4-18)42(39,40)36(15-20-5-11-25(31)26(32)13-20)17-23-8-7-22(41-23)14-33-35-29(38)28-19(2)34-27-12-6-21(30)16-37(27)28/h3-14,16H,15,17H2,1-2H3,(H,35,38)/b33-14+. The number of nitrogens with zero attached hydrogens (tertiary/aromatic N) is 4. The second-order valence-corrected chi connectivity index (χ2v) is 12.6. The fraction of sp³-hybridized carbons (Fsp3) is 0.138. The fourth-order valence-electron chi connectivity index (χ4n) is 4.27. The van der Waals surface area contributed by atoms with E-state index in [4.69, 9.17) is 39.2 Å². The molecule has 0 aliphatic carbocycles. The van der Waals surface area contributed by atoms with E-state index in [1.54, 1.807) is 84.3 Å². The molecule has 0 fully saturated rings. The number of amides is 1. The molecule has 3 aromatic heterocycles. The summed E-state index contributed by atoms with van der Waals surface area (Å²) in [5, 5.41) is 5.15. The molecule has 0 saturated heterocycles. The Kier molecular flexibility index (Phi) is 8.72. The number of carbonyl (C=O) groups excluding carboxylic acids is 1. The highest BCUT2D eigenvalue weighted by molar-refractivity contribution is 7.89. The van der Waals surface area contributed by atoms with E-state index in [1.165, 1.54) is 10.5 Å². The first-order valence-electron chi connectivity index (χ1n) is 12.6. The van der Waals surface area contributed by atoms with Crippen molar-refractivity contribution in [3.8, 4) is 0 Å². The summed E-state index contributed by atoms with van der Waals surface area (Å²) in [6, 6.07) is 18.2. The lowest BCUT2D eigenvalue weighted by atomic mass is 10.2. The van der Waals surface area contributed by atoms with Gasteiger partial charge in [0.1, 0.15) is 22.9 Å². The van der Waals surface area contributed by atoms with Gasteiger partial charge >= 0.3 is 0 Å². The van der Waals surface area contributed by atoms with E-state index >= 15 is 0 Å². The van der Waals surface area contributed by atoms with Crippen molar-refractivity contribution in [2.24, 2.45) is 5.10 Å². The van der Waals surface area contributed by atoms with Gasteiger partial charge in [0, 0.05) is 12.7 Å². The highest BCUT2D eigenvalue weighted by Gasteiger charge is 2.26. The third kappa shape index (κ3) is 6.53. The molecule has 0 atom stereocenters. The van der Waals surface area contributed by atoms with E-state index in [9.17, 15) is 13.2 Å². The number of imidazole rings is 1. The molecule has 3 heterocycles. The number of benzene rings is 2. The summed E-state index contributed by atoms with van der Waals surface area (Å²) in [5.74, 6) is 0.193. The van der Waals surface area contributed by atoms with Gasteiger partial charge in [0.2, 0.25) is 10.0 Å². The molecular weight excluding hydrogens is 621 g/mol. The Bertz CT molecular complexity index is 1920. The number of fused-ring (bicyclic) bond motifs is 1. The predicted molar refractivity (Wildman–Crippen MR) is 163 cm³/mol. The van der Waals surface area contributed by atoms with Crippen molar-refractivity contribution >= 4 is 62.6 Å². The Balaban J connectivity index is 1.34. The number of nitrogens with one attached hydrogen (secondary N) is 1. The number of aromatic nitrogens is 2. The average molecular weight is 645 g/mol. The molecule has 0 saturated carbocycles. The van der Waals surface area contributed by atoms with Gasteiger partial charge in [0.25, 0.3) is 5.91 Å². The highest BCUT2D eigenvalue weighted by Crippen LogP contribution is 2.27. The van der Waals surface area contributed by atoms with Crippen LogP contribution in [0.25, 0.3) is 5.65 Å². The lowest BCUT2D eigenvalue weighted by Gasteiger charge is -2.22. The van der Waals surface area contributed by atoms with Gasteiger partial charge in [-0.1, -0.05) is 58.6 Å². The Morgan fingerprint density at radius 3 is 2.50 bits per heavy atom. The number of hydrogen-bond donors (Lipinski definition) is 1. The summed E-state index contributed by atoms with van der Waals surface area (Å²) in [6.07, 6.45) is 2.92. The number of hydrazone groups is 1. The van der Waals surface area contributed by atoms with Crippen molar-refractivity contribution in [1.29, 1.82) is 0 Å². The zero-order valence-corrected chi connectivity index (χ0v) is 25.5. The normalized spacial score (nSPS) is 12.0. The summed E-state index contributed by atoms with van der Waals surface area (Å²) < 4.78 is 36.0. The molecule has 2 aromatic carbocycles. The fourth-order valence-corrected chi connectivity index (χ4v) is 6.14. The minimum Gasteiger partial charge on any atom is -0.459 e. The van der Waals surface area contributed by atoms with Crippen molar-refractivity contribution in [3.05, 3.63) is 122 Å². The van der Waals surface area contributed by atoms with Crippen LogP contribution in [0.1, 0.15) is 38.8 Å². The van der Waals surface area contributed by atoms with Gasteiger partial charge in [0.15, 0.2) is 0 Å². The second-order valence-electron chi connectivity index (χ2n) is 9.46. The maximum Gasteiger partial charge on any atom is 0.290 e. The Morgan fingerprint density at radius 1 is 1.00 bits per heavy atom. The number of carbonyl (C=O) groups is 1. The molecular formula is C29H24Cl3N5O4S. The molecule has 0 bridgehead atoms. The van der Waals surface area contributed by atoms with Crippen molar-refractivity contribution in [3.63, 3.8) is 0 Å². The maximum absolute atomic E-state index is 13.6. The summed E-state index contributed by atoms with van der Waals surface area (Å²) in [4.78, 5) is 17.3. The molecule has 216 valence electrons. The van der Waals surface area contributed by atoms with Crippen LogP contribution in [-0.2, 0) is 23.1 Å². The van der Waals surface area contributed by atoms with Crippen molar-refractivity contribution in [1.82, 2.24) is 19.1 Å². The molecule has 5 aromatic rings. The summed E-state index contributed by atoms with van der Waals surface area (Å²) in [5.41, 5.74) is 5.44. The Hall–Kier alpha value is -3.67. The second kappa shape index (κ2) is 12.3. The number of rotatable bonds is 9. The summed E-state index contributed by atoms with van der Waals surface area (Å²) in [6.45, 7) is 3.55. The molecule has 1 amide bonds. The van der Waals surface area contributed by atoms with Crippen molar-refractivity contribution < 1.29 is 17.6 Å². The molecule has 0 radical (unpaired) electrons. The zero-order chi connectivity index (χ0) is 30.0. The van der Waals surface area contributed by atoms with Crippen LogP contribution in [0.15, 0.2) is 87.3 Å². The van der Waals surface area contributed by atoms with E-state index in [-0.39, 0.29) is 18.0 Å².